The van der Waals surface area contributed by atoms with Gasteiger partial charge in [0.15, 0.2) is 0 Å². The van der Waals surface area contributed by atoms with Crippen molar-refractivity contribution in [1.29, 1.82) is 0 Å². The zero-order chi connectivity index (χ0) is 16.2. The monoisotopic (exact) mass is 310 g/mol. The van der Waals surface area contributed by atoms with Crippen molar-refractivity contribution in [2.45, 2.75) is 26.7 Å². The van der Waals surface area contributed by atoms with Gasteiger partial charge in [0, 0.05) is 37.1 Å². The average molecular weight is 310 g/mol. The van der Waals surface area contributed by atoms with Crippen LogP contribution >= 0.6 is 0 Å². The summed E-state index contributed by atoms with van der Waals surface area (Å²) >= 11 is 0. The maximum absolute atomic E-state index is 12.3. The molecule has 1 N–H and O–H groups in total. The summed E-state index contributed by atoms with van der Waals surface area (Å²) in [5, 5.41) is 5.34. The van der Waals surface area contributed by atoms with E-state index in [9.17, 15) is 4.79 Å². The number of likely N-dealkylation sites (tertiary alicyclic amines) is 1. The van der Waals surface area contributed by atoms with Gasteiger partial charge >= 0.3 is 0 Å². The van der Waals surface area contributed by atoms with Gasteiger partial charge in [-0.2, -0.15) is 0 Å². The van der Waals surface area contributed by atoms with Crippen LogP contribution in [0.25, 0.3) is 10.8 Å². The van der Waals surface area contributed by atoms with E-state index < -0.39 is 0 Å². The van der Waals surface area contributed by atoms with Crippen LogP contribution in [0, 0.1) is 11.8 Å². The van der Waals surface area contributed by atoms with E-state index in [-0.39, 0.29) is 5.91 Å². The highest BCUT2D eigenvalue weighted by Crippen LogP contribution is 2.23. The highest BCUT2D eigenvalue weighted by atomic mass is 16.1. The van der Waals surface area contributed by atoms with E-state index >= 15 is 0 Å². The number of hydrogen-bond acceptors (Lipinski definition) is 2. The first-order valence-electron chi connectivity index (χ1n) is 8.62. The molecular weight excluding hydrogens is 284 g/mol. The van der Waals surface area contributed by atoms with Crippen LogP contribution in [0.1, 0.15) is 26.7 Å². The molecule has 1 aliphatic heterocycles. The highest BCUT2D eigenvalue weighted by Gasteiger charge is 2.21. The summed E-state index contributed by atoms with van der Waals surface area (Å²) in [6.07, 6.45) is 1.86. The van der Waals surface area contributed by atoms with Crippen molar-refractivity contribution in [3.8, 4) is 0 Å². The molecule has 2 aromatic rings. The first kappa shape index (κ1) is 16.0. The van der Waals surface area contributed by atoms with Crippen molar-refractivity contribution in [2.75, 3.05) is 25.0 Å². The molecule has 0 saturated carbocycles. The van der Waals surface area contributed by atoms with Crippen molar-refractivity contribution in [1.82, 2.24) is 4.90 Å². The number of rotatable bonds is 4. The third-order valence-corrected chi connectivity index (χ3v) is 4.66. The lowest BCUT2D eigenvalue weighted by Gasteiger charge is -2.34. The number of nitrogens with zero attached hydrogens (tertiary/aromatic N) is 1. The quantitative estimate of drug-likeness (QED) is 0.920. The van der Waals surface area contributed by atoms with Gasteiger partial charge in [0.1, 0.15) is 0 Å². The Hall–Kier alpha value is -1.87. The van der Waals surface area contributed by atoms with Crippen molar-refractivity contribution in [3.05, 3.63) is 42.5 Å². The van der Waals surface area contributed by atoms with E-state index in [1.165, 1.54) is 6.42 Å². The molecule has 2 aromatic carbocycles. The molecule has 1 amide bonds. The Labute approximate surface area is 138 Å². The third-order valence-electron chi connectivity index (χ3n) is 4.66. The predicted octanol–water partition coefficient (Wildman–Crippen LogP) is 4.15. The minimum Gasteiger partial charge on any atom is -0.325 e. The van der Waals surface area contributed by atoms with Crippen molar-refractivity contribution in [3.63, 3.8) is 0 Å². The lowest BCUT2D eigenvalue weighted by molar-refractivity contribution is -0.116. The maximum Gasteiger partial charge on any atom is 0.225 e. The molecule has 3 rings (SSSR count). The van der Waals surface area contributed by atoms with Gasteiger partial charge in [0.2, 0.25) is 5.91 Å². The summed E-state index contributed by atoms with van der Waals surface area (Å²) in [6.45, 7) is 7.70. The zero-order valence-electron chi connectivity index (χ0n) is 14.1. The molecule has 0 spiro atoms. The van der Waals surface area contributed by atoms with Gasteiger partial charge in [-0.1, -0.05) is 50.2 Å². The van der Waals surface area contributed by atoms with Crippen LogP contribution in [-0.2, 0) is 4.79 Å². The second-order valence-corrected chi connectivity index (χ2v) is 7.03. The molecule has 0 aliphatic carbocycles. The Morgan fingerprint density at radius 2 is 1.78 bits per heavy atom. The van der Waals surface area contributed by atoms with Gasteiger partial charge in [-0.25, -0.2) is 0 Å². The average Bonchev–Trinajstić information content (AvgIpc) is 2.52. The van der Waals surface area contributed by atoms with Crippen LogP contribution in [-0.4, -0.2) is 30.4 Å². The third kappa shape index (κ3) is 4.11. The molecule has 3 heteroatoms. The minimum atomic E-state index is 0.104. The number of amides is 1. The van der Waals surface area contributed by atoms with Gasteiger partial charge in [-0.05, 0) is 29.7 Å². The molecule has 1 aliphatic rings. The molecule has 1 heterocycles. The lowest BCUT2D eigenvalue weighted by atomic mass is 9.92. The molecule has 0 aromatic heterocycles. The normalized spacial score (nSPS) is 22.2. The fourth-order valence-electron chi connectivity index (χ4n) is 3.78. The van der Waals surface area contributed by atoms with Crippen LogP contribution in [0.3, 0.4) is 0 Å². The summed E-state index contributed by atoms with van der Waals surface area (Å²) in [5.74, 6) is 1.58. The van der Waals surface area contributed by atoms with Crippen LogP contribution < -0.4 is 5.32 Å². The summed E-state index contributed by atoms with van der Waals surface area (Å²) < 4.78 is 0. The first-order valence-corrected chi connectivity index (χ1v) is 8.62. The standard InChI is InChI=1S/C20H26N2O/c1-15-12-16(2)14-22(13-15)11-10-20(23)21-19-9-5-7-17-6-3-4-8-18(17)19/h3-9,15-16H,10-14H2,1-2H3,(H,21,23). The van der Waals surface area contributed by atoms with E-state index in [0.717, 1.165) is 47.9 Å². The van der Waals surface area contributed by atoms with Crippen LogP contribution in [0.2, 0.25) is 0 Å². The largest absolute Gasteiger partial charge is 0.325 e. The zero-order valence-corrected chi connectivity index (χ0v) is 14.1. The smallest absolute Gasteiger partial charge is 0.225 e. The van der Waals surface area contributed by atoms with Gasteiger partial charge < -0.3 is 10.2 Å². The van der Waals surface area contributed by atoms with E-state index in [0.29, 0.717) is 6.42 Å². The number of benzene rings is 2. The molecule has 1 fully saturated rings. The predicted molar refractivity (Wildman–Crippen MR) is 96.6 cm³/mol. The molecule has 0 bridgehead atoms. The Bertz CT molecular complexity index is 667. The van der Waals surface area contributed by atoms with Gasteiger partial charge in [0.25, 0.3) is 0 Å². The minimum absolute atomic E-state index is 0.104. The van der Waals surface area contributed by atoms with Crippen LogP contribution in [0.4, 0.5) is 5.69 Å². The summed E-state index contributed by atoms with van der Waals surface area (Å²) in [6, 6.07) is 14.2. The van der Waals surface area contributed by atoms with E-state index in [2.05, 4.69) is 42.3 Å². The Balaban J connectivity index is 1.59. The van der Waals surface area contributed by atoms with E-state index in [1.807, 2.05) is 24.3 Å². The van der Waals surface area contributed by atoms with Crippen molar-refractivity contribution >= 4 is 22.4 Å². The fraction of sp³-hybridized carbons (Fsp3) is 0.450. The Morgan fingerprint density at radius 3 is 2.57 bits per heavy atom. The Morgan fingerprint density at radius 1 is 1.09 bits per heavy atom. The number of carbonyl (C=O) groups is 1. The van der Waals surface area contributed by atoms with Gasteiger partial charge in [-0.3, -0.25) is 4.79 Å². The molecule has 2 atom stereocenters. The number of carbonyl (C=O) groups excluding carboxylic acids is 1. The van der Waals surface area contributed by atoms with Crippen molar-refractivity contribution < 1.29 is 4.79 Å². The molecular formula is C20H26N2O. The SMILES string of the molecule is CC1CC(C)CN(CCC(=O)Nc2cccc3ccccc23)C1. The maximum atomic E-state index is 12.3. The molecule has 0 radical (unpaired) electrons. The lowest BCUT2D eigenvalue weighted by Crippen LogP contribution is -2.40. The number of nitrogens with one attached hydrogen (secondary N) is 1. The molecule has 3 nitrogen and oxygen atoms in total. The number of fused-ring (bicyclic) bond motifs is 1. The summed E-state index contributed by atoms with van der Waals surface area (Å²) in [5.41, 5.74) is 0.911. The van der Waals surface area contributed by atoms with Crippen molar-refractivity contribution in [2.24, 2.45) is 11.8 Å². The highest BCUT2D eigenvalue weighted by molar-refractivity contribution is 6.02. The first-order chi connectivity index (χ1) is 11.1. The van der Waals surface area contributed by atoms with E-state index in [1.54, 1.807) is 0 Å². The number of piperidine rings is 1. The topological polar surface area (TPSA) is 32.3 Å². The molecule has 2 unspecified atom stereocenters. The van der Waals surface area contributed by atoms with Crippen LogP contribution in [0.5, 0.6) is 0 Å². The van der Waals surface area contributed by atoms with Crippen LogP contribution in [0.15, 0.2) is 42.5 Å². The summed E-state index contributed by atoms with van der Waals surface area (Å²) in [4.78, 5) is 14.8. The molecule has 122 valence electrons. The van der Waals surface area contributed by atoms with E-state index in [4.69, 9.17) is 0 Å². The Kier molecular flexibility index (Phi) is 4.97. The second kappa shape index (κ2) is 7.14. The molecule has 1 saturated heterocycles. The van der Waals surface area contributed by atoms with Gasteiger partial charge in [0.05, 0.1) is 0 Å². The fourth-order valence-corrected chi connectivity index (χ4v) is 3.78. The summed E-state index contributed by atoms with van der Waals surface area (Å²) in [7, 11) is 0. The number of hydrogen-bond donors (Lipinski definition) is 1. The van der Waals surface area contributed by atoms with Gasteiger partial charge in [-0.15, -0.1) is 0 Å². The second-order valence-electron chi connectivity index (χ2n) is 7.03. The molecule has 23 heavy (non-hydrogen) atoms. The number of anilines is 1.